The quantitative estimate of drug-likeness (QED) is 0.166. The minimum absolute atomic E-state index is 0.0454. The van der Waals surface area contributed by atoms with Gasteiger partial charge in [-0.25, -0.2) is 4.79 Å². The largest absolute Gasteiger partial charge is 0.535 e. The Morgan fingerprint density at radius 1 is 1.12 bits per heavy atom. The van der Waals surface area contributed by atoms with Crippen molar-refractivity contribution in [2.45, 2.75) is 63.6 Å². The SMILES string of the molecule is COC(=O)c1cccc(OC(F)(F)OCC23CCC(/C=C/c4c(-c5c(Cl)cncc5Cl)noc4C4CC4)(CC2)CC3)c1. The zero-order valence-electron chi connectivity index (χ0n) is 23.0. The van der Waals surface area contributed by atoms with Gasteiger partial charge in [-0.2, -0.15) is 0 Å². The summed E-state index contributed by atoms with van der Waals surface area (Å²) in [6.07, 6.45) is 10.5. The Kier molecular flexibility index (Phi) is 7.79. The highest BCUT2D eigenvalue weighted by molar-refractivity contribution is 6.39. The van der Waals surface area contributed by atoms with Gasteiger partial charge in [-0.15, -0.1) is 8.78 Å². The van der Waals surface area contributed by atoms with Crippen LogP contribution in [0.2, 0.25) is 10.0 Å². The minimum Gasteiger partial charge on any atom is -0.465 e. The lowest BCUT2D eigenvalue weighted by Crippen LogP contribution is -2.45. The predicted molar refractivity (Wildman–Crippen MR) is 153 cm³/mol. The number of rotatable bonds is 10. The Balaban J connectivity index is 1.12. The molecule has 4 fully saturated rings. The Labute approximate surface area is 252 Å². The lowest BCUT2D eigenvalue weighted by atomic mass is 9.54. The van der Waals surface area contributed by atoms with Gasteiger partial charge in [0.2, 0.25) is 0 Å². The monoisotopic (exact) mass is 618 g/mol. The number of nitrogens with zero attached hydrogens (tertiary/aromatic N) is 2. The number of hydrogen-bond acceptors (Lipinski definition) is 7. The van der Waals surface area contributed by atoms with Crippen LogP contribution in [-0.2, 0) is 9.47 Å². The van der Waals surface area contributed by atoms with Crippen molar-refractivity contribution in [1.82, 2.24) is 10.1 Å². The van der Waals surface area contributed by atoms with Crippen LogP contribution in [0.1, 0.15) is 79.0 Å². The van der Waals surface area contributed by atoms with Crippen molar-refractivity contribution in [3.05, 3.63) is 69.7 Å². The zero-order chi connectivity index (χ0) is 29.5. The Hall–Kier alpha value is -3.01. The maximum atomic E-state index is 14.7. The smallest absolute Gasteiger partial charge is 0.465 e. The number of pyridine rings is 1. The van der Waals surface area contributed by atoms with Crippen molar-refractivity contribution in [2.75, 3.05) is 13.7 Å². The van der Waals surface area contributed by atoms with Gasteiger partial charge in [-0.05, 0) is 80.4 Å². The Bertz CT molecular complexity index is 1480. The second-order valence-corrected chi connectivity index (χ2v) is 12.4. The molecule has 2 bridgehead atoms. The van der Waals surface area contributed by atoms with Crippen LogP contribution in [0.3, 0.4) is 0 Å². The molecule has 222 valence electrons. The molecule has 7 rings (SSSR count). The Morgan fingerprint density at radius 2 is 1.81 bits per heavy atom. The molecule has 0 radical (unpaired) electrons. The van der Waals surface area contributed by atoms with Crippen LogP contribution >= 0.6 is 23.2 Å². The molecule has 1 aromatic carbocycles. The lowest BCUT2D eigenvalue weighted by Gasteiger charge is -2.52. The van der Waals surface area contributed by atoms with Gasteiger partial charge >= 0.3 is 12.3 Å². The molecule has 7 nitrogen and oxygen atoms in total. The second-order valence-electron chi connectivity index (χ2n) is 11.6. The first kappa shape index (κ1) is 29.1. The number of allylic oxidation sites excluding steroid dienone is 1. The van der Waals surface area contributed by atoms with Gasteiger partial charge in [0.1, 0.15) is 17.2 Å². The standard InChI is InChI=1S/C31H30Cl2F2N2O5/c1-39-28(38)20-3-2-4-21(15-20)41-31(34,35)40-18-30-12-9-29(10-13-30,11-14-30)8-7-22-26(37-42-27(22)19-5-6-19)25-23(32)16-36-17-24(25)33/h2-4,7-8,15-17,19H,5-6,9-14,18H2,1H3/b8-7+. The van der Waals surface area contributed by atoms with Gasteiger partial charge in [0.15, 0.2) is 0 Å². The van der Waals surface area contributed by atoms with Gasteiger partial charge in [-0.3, -0.25) is 9.72 Å². The van der Waals surface area contributed by atoms with E-state index in [1.54, 1.807) is 12.4 Å². The first-order valence-electron chi connectivity index (χ1n) is 14.0. The number of benzene rings is 1. The first-order valence-corrected chi connectivity index (χ1v) is 14.7. The fourth-order valence-corrected chi connectivity index (χ4v) is 6.70. The summed E-state index contributed by atoms with van der Waals surface area (Å²) in [4.78, 5) is 15.8. The fraction of sp³-hybridized carbons (Fsp3) is 0.452. The summed E-state index contributed by atoms with van der Waals surface area (Å²) in [7, 11) is 1.22. The van der Waals surface area contributed by atoms with Crippen molar-refractivity contribution in [2.24, 2.45) is 10.8 Å². The number of aromatic nitrogens is 2. The van der Waals surface area contributed by atoms with E-state index in [-0.39, 0.29) is 28.7 Å². The fourth-order valence-electron chi connectivity index (χ4n) is 6.16. The van der Waals surface area contributed by atoms with E-state index in [4.69, 9.17) is 37.2 Å². The maximum Gasteiger partial charge on any atom is 0.535 e. The van der Waals surface area contributed by atoms with E-state index in [0.717, 1.165) is 62.7 Å². The maximum absolute atomic E-state index is 14.7. The van der Waals surface area contributed by atoms with Crippen molar-refractivity contribution < 1.29 is 32.3 Å². The third kappa shape index (κ3) is 5.92. The molecule has 0 spiro atoms. The number of ether oxygens (including phenoxy) is 3. The summed E-state index contributed by atoms with van der Waals surface area (Å²) in [5, 5.41) is 5.16. The number of esters is 1. The number of carbonyl (C=O) groups is 1. The van der Waals surface area contributed by atoms with Gasteiger partial charge < -0.3 is 14.0 Å². The third-order valence-corrected chi connectivity index (χ3v) is 9.47. The van der Waals surface area contributed by atoms with E-state index < -0.39 is 12.3 Å². The molecule has 3 aromatic rings. The molecule has 0 aliphatic heterocycles. The van der Waals surface area contributed by atoms with Crippen LogP contribution in [0.5, 0.6) is 5.75 Å². The number of halogens is 4. The topological polar surface area (TPSA) is 83.7 Å². The molecule has 0 atom stereocenters. The summed E-state index contributed by atoms with van der Waals surface area (Å²) in [6, 6.07) is 5.45. The molecule has 42 heavy (non-hydrogen) atoms. The van der Waals surface area contributed by atoms with Crippen molar-refractivity contribution in [3.8, 4) is 17.0 Å². The van der Waals surface area contributed by atoms with Gasteiger partial charge in [0.25, 0.3) is 0 Å². The van der Waals surface area contributed by atoms with E-state index in [1.807, 2.05) is 0 Å². The van der Waals surface area contributed by atoms with E-state index in [9.17, 15) is 13.6 Å². The van der Waals surface area contributed by atoms with Gasteiger partial charge in [0, 0.05) is 29.4 Å². The van der Waals surface area contributed by atoms with Crippen LogP contribution in [0, 0.1) is 10.8 Å². The van der Waals surface area contributed by atoms with Crippen molar-refractivity contribution in [1.29, 1.82) is 0 Å². The number of hydrogen-bond donors (Lipinski definition) is 0. The molecule has 11 heteroatoms. The molecule has 4 aliphatic carbocycles. The summed E-state index contributed by atoms with van der Waals surface area (Å²) in [5.74, 6) is 0.358. The summed E-state index contributed by atoms with van der Waals surface area (Å²) in [6.45, 7) is -0.114. The van der Waals surface area contributed by atoms with Crippen molar-refractivity contribution >= 4 is 35.2 Å². The van der Waals surface area contributed by atoms with Crippen LogP contribution in [-0.4, -0.2) is 36.1 Å². The molecule has 0 unspecified atom stereocenters. The molecule has 2 heterocycles. The average Bonchev–Trinajstić information content (AvgIpc) is 3.75. The highest BCUT2D eigenvalue weighted by Gasteiger charge is 2.49. The number of carbonyl (C=O) groups excluding carboxylic acids is 1. The van der Waals surface area contributed by atoms with E-state index in [2.05, 4.69) is 27.0 Å². The van der Waals surface area contributed by atoms with E-state index in [0.29, 0.717) is 27.2 Å². The third-order valence-electron chi connectivity index (χ3n) is 8.90. The normalized spacial score (nSPS) is 23.8. The summed E-state index contributed by atoms with van der Waals surface area (Å²) in [5.41, 5.74) is 1.83. The zero-order valence-corrected chi connectivity index (χ0v) is 24.5. The van der Waals surface area contributed by atoms with Gasteiger partial charge in [0.05, 0.1) is 29.3 Å². The highest BCUT2D eigenvalue weighted by atomic mass is 35.5. The first-order chi connectivity index (χ1) is 20.1. The number of fused-ring (bicyclic) bond motifs is 3. The summed E-state index contributed by atoms with van der Waals surface area (Å²) >= 11 is 12.9. The second kappa shape index (κ2) is 11.2. The minimum atomic E-state index is -3.84. The van der Waals surface area contributed by atoms with Crippen LogP contribution in [0.25, 0.3) is 17.3 Å². The van der Waals surface area contributed by atoms with E-state index >= 15 is 0 Å². The molecule has 0 amide bonds. The Morgan fingerprint density at radius 3 is 2.45 bits per heavy atom. The number of methoxy groups -OCH3 is 1. The molecule has 4 aliphatic rings. The average molecular weight is 619 g/mol. The summed E-state index contributed by atoms with van der Waals surface area (Å²) < 4.78 is 49.7. The van der Waals surface area contributed by atoms with Crippen LogP contribution in [0.4, 0.5) is 8.78 Å². The highest BCUT2D eigenvalue weighted by Crippen LogP contribution is 2.58. The van der Waals surface area contributed by atoms with Crippen molar-refractivity contribution in [3.63, 3.8) is 0 Å². The van der Waals surface area contributed by atoms with E-state index in [1.165, 1.54) is 31.4 Å². The predicted octanol–water partition coefficient (Wildman–Crippen LogP) is 8.71. The molecular weight excluding hydrogens is 589 g/mol. The molecular formula is C31H30Cl2F2N2O5. The van der Waals surface area contributed by atoms with Crippen LogP contribution in [0.15, 0.2) is 47.3 Å². The molecule has 0 N–H and O–H groups in total. The number of alkyl halides is 2. The van der Waals surface area contributed by atoms with Crippen LogP contribution < -0.4 is 4.74 Å². The lowest BCUT2D eigenvalue weighted by molar-refractivity contribution is -0.363. The van der Waals surface area contributed by atoms with Gasteiger partial charge in [-0.1, -0.05) is 46.6 Å². The molecule has 2 aromatic heterocycles. The molecule has 4 saturated carbocycles. The molecule has 0 saturated heterocycles.